The average molecular weight is 482 g/mol. The lowest BCUT2D eigenvalue weighted by Gasteiger charge is -2.27. The Morgan fingerprint density at radius 1 is 1.15 bits per heavy atom. The Kier molecular flexibility index (Phi) is 8.08. The highest BCUT2D eigenvalue weighted by molar-refractivity contribution is 7.84. The number of nitrogens with one attached hydrogen (secondary N) is 2. The number of halogens is 1. The molecule has 2 aliphatic rings. The first-order valence-corrected chi connectivity index (χ1v) is 13.3. The second-order valence-electron chi connectivity index (χ2n) is 8.85. The van der Waals surface area contributed by atoms with Gasteiger partial charge in [0.05, 0.1) is 6.42 Å². The minimum absolute atomic E-state index is 0.0408. The Labute approximate surface area is 203 Å². The molecule has 4 rings (SSSR count). The number of benzene rings is 2. The van der Waals surface area contributed by atoms with Crippen LogP contribution in [-0.2, 0) is 15.6 Å². The van der Waals surface area contributed by atoms with Crippen LogP contribution in [0.15, 0.2) is 52.9 Å². The molecule has 1 atom stereocenters. The summed E-state index contributed by atoms with van der Waals surface area (Å²) in [6.07, 6.45) is 4.84. The van der Waals surface area contributed by atoms with E-state index in [0.717, 1.165) is 77.4 Å². The normalized spacial score (nSPS) is 18.3. The maximum Gasteiger partial charge on any atom is 0.224 e. The van der Waals surface area contributed by atoms with Gasteiger partial charge in [-0.1, -0.05) is 18.2 Å². The quantitative estimate of drug-likeness (QED) is 0.565. The number of rotatable bonds is 8. The summed E-state index contributed by atoms with van der Waals surface area (Å²) >= 11 is 0. The first-order chi connectivity index (χ1) is 16.4. The van der Waals surface area contributed by atoms with E-state index >= 15 is 0 Å². The van der Waals surface area contributed by atoms with Crippen molar-refractivity contribution >= 4 is 33.9 Å². The molecule has 0 radical (unpaired) electrons. The highest BCUT2D eigenvalue weighted by Crippen LogP contribution is 2.43. The number of hydrogen-bond donors (Lipinski definition) is 2. The standard InChI is InChI=1S/C27H32FN3O2S/c1-19-24(16-20-4-7-22(8-5-20)34(2)33)23-9-6-21(28)17-26(23)25(19)18-27(32)30-10-3-13-31-14-11-29-12-15-31/h4-9,16-17,29H,3,10-15,18H2,1-2H3,(H,30,32)/b24-16-. The van der Waals surface area contributed by atoms with Crippen LogP contribution >= 0.6 is 0 Å². The van der Waals surface area contributed by atoms with Crippen molar-refractivity contribution in [2.24, 2.45) is 0 Å². The van der Waals surface area contributed by atoms with Gasteiger partial charge >= 0.3 is 0 Å². The molecule has 1 unspecified atom stereocenters. The van der Waals surface area contributed by atoms with E-state index in [1.165, 1.54) is 12.1 Å². The SMILES string of the molecule is CC1=C(CC(=O)NCCCN2CCNCC2)c2cc(F)ccc2/C1=C\c1ccc(S(C)=O)cc1. The number of carbonyl (C=O) groups is 1. The Hall–Kier alpha value is -2.61. The average Bonchev–Trinajstić information content (AvgIpc) is 3.08. The third-order valence-electron chi connectivity index (χ3n) is 6.50. The summed E-state index contributed by atoms with van der Waals surface area (Å²) < 4.78 is 25.8. The molecule has 1 fully saturated rings. The van der Waals surface area contributed by atoms with Crippen LogP contribution in [0.3, 0.4) is 0 Å². The monoisotopic (exact) mass is 481 g/mol. The van der Waals surface area contributed by atoms with Gasteiger partial charge in [0.15, 0.2) is 0 Å². The van der Waals surface area contributed by atoms with E-state index in [1.54, 1.807) is 12.3 Å². The highest BCUT2D eigenvalue weighted by Gasteiger charge is 2.25. The molecule has 1 heterocycles. The van der Waals surface area contributed by atoms with Gasteiger partial charge in [-0.15, -0.1) is 0 Å². The van der Waals surface area contributed by atoms with Crippen LogP contribution in [0.5, 0.6) is 0 Å². The molecule has 0 saturated carbocycles. The van der Waals surface area contributed by atoms with E-state index in [9.17, 15) is 13.4 Å². The molecule has 0 aromatic heterocycles. The number of hydrogen-bond acceptors (Lipinski definition) is 4. The van der Waals surface area contributed by atoms with Crippen LogP contribution in [0.2, 0.25) is 0 Å². The Bertz CT molecular complexity index is 1140. The van der Waals surface area contributed by atoms with Crippen LogP contribution in [0.1, 0.15) is 36.5 Å². The lowest BCUT2D eigenvalue weighted by atomic mass is 10.0. The van der Waals surface area contributed by atoms with E-state index in [1.807, 2.05) is 37.3 Å². The van der Waals surface area contributed by atoms with E-state index in [0.29, 0.717) is 6.54 Å². The molecular weight excluding hydrogens is 449 g/mol. The number of piperazine rings is 1. The zero-order valence-electron chi connectivity index (χ0n) is 19.8. The van der Waals surface area contributed by atoms with Crippen molar-refractivity contribution in [3.8, 4) is 0 Å². The summed E-state index contributed by atoms with van der Waals surface area (Å²) in [7, 11) is -1.03. The largest absolute Gasteiger partial charge is 0.356 e. The van der Waals surface area contributed by atoms with E-state index < -0.39 is 10.8 Å². The van der Waals surface area contributed by atoms with Gasteiger partial charge in [-0.2, -0.15) is 0 Å². The van der Waals surface area contributed by atoms with Crippen molar-refractivity contribution in [1.29, 1.82) is 0 Å². The van der Waals surface area contributed by atoms with Crippen molar-refractivity contribution in [3.63, 3.8) is 0 Å². The molecule has 2 aromatic rings. The van der Waals surface area contributed by atoms with Crippen LogP contribution < -0.4 is 10.6 Å². The Morgan fingerprint density at radius 2 is 1.88 bits per heavy atom. The zero-order valence-corrected chi connectivity index (χ0v) is 20.6. The number of nitrogens with zero attached hydrogens (tertiary/aromatic N) is 1. The molecule has 0 bridgehead atoms. The minimum Gasteiger partial charge on any atom is -0.356 e. The first-order valence-electron chi connectivity index (χ1n) is 11.8. The number of carbonyl (C=O) groups excluding carboxylic acids is 1. The van der Waals surface area contributed by atoms with Gasteiger partial charge in [0.1, 0.15) is 5.82 Å². The van der Waals surface area contributed by atoms with Gasteiger partial charge in [0.2, 0.25) is 5.91 Å². The van der Waals surface area contributed by atoms with Crippen LogP contribution in [-0.4, -0.2) is 60.5 Å². The molecule has 1 saturated heterocycles. The van der Waals surface area contributed by atoms with E-state index in [4.69, 9.17) is 0 Å². The fraction of sp³-hybridized carbons (Fsp3) is 0.370. The lowest BCUT2D eigenvalue weighted by Crippen LogP contribution is -2.44. The number of allylic oxidation sites excluding steroid dienone is 2. The van der Waals surface area contributed by atoms with Gasteiger partial charge in [0.25, 0.3) is 0 Å². The van der Waals surface area contributed by atoms with Crippen LogP contribution in [0.4, 0.5) is 4.39 Å². The predicted octanol–water partition coefficient (Wildman–Crippen LogP) is 3.69. The van der Waals surface area contributed by atoms with Crippen LogP contribution in [0.25, 0.3) is 17.2 Å². The molecule has 1 aliphatic carbocycles. The summed E-state index contributed by atoms with van der Waals surface area (Å²) in [4.78, 5) is 15.9. The Morgan fingerprint density at radius 3 is 2.59 bits per heavy atom. The molecule has 2 N–H and O–H groups in total. The molecular formula is C27H32FN3O2S. The van der Waals surface area contributed by atoms with Gasteiger partial charge < -0.3 is 15.5 Å². The molecule has 180 valence electrons. The zero-order chi connectivity index (χ0) is 24.1. The smallest absolute Gasteiger partial charge is 0.224 e. The molecule has 0 spiro atoms. The molecule has 1 amide bonds. The second kappa shape index (κ2) is 11.2. The second-order valence-corrected chi connectivity index (χ2v) is 10.2. The number of fused-ring (bicyclic) bond motifs is 1. The summed E-state index contributed by atoms with van der Waals surface area (Å²) in [6.45, 7) is 7.76. The highest BCUT2D eigenvalue weighted by atomic mass is 32.2. The summed E-state index contributed by atoms with van der Waals surface area (Å²) in [5.41, 5.74) is 5.53. The van der Waals surface area contributed by atoms with E-state index in [-0.39, 0.29) is 18.1 Å². The third-order valence-corrected chi connectivity index (χ3v) is 7.43. The molecule has 2 aromatic carbocycles. The van der Waals surface area contributed by atoms with Crippen molar-refractivity contribution in [2.45, 2.75) is 24.7 Å². The Balaban J connectivity index is 1.47. The maximum absolute atomic E-state index is 14.1. The summed E-state index contributed by atoms with van der Waals surface area (Å²) in [5.74, 6) is -0.350. The van der Waals surface area contributed by atoms with Gasteiger partial charge in [-0.05, 0) is 83.6 Å². The predicted molar refractivity (Wildman–Crippen MR) is 137 cm³/mol. The molecule has 1 aliphatic heterocycles. The summed E-state index contributed by atoms with van der Waals surface area (Å²) in [6, 6.07) is 12.4. The fourth-order valence-corrected chi connectivity index (χ4v) is 5.11. The molecule has 34 heavy (non-hydrogen) atoms. The fourth-order valence-electron chi connectivity index (χ4n) is 4.59. The number of amides is 1. The van der Waals surface area contributed by atoms with Gasteiger partial charge in [-0.25, -0.2) is 4.39 Å². The topological polar surface area (TPSA) is 61.4 Å². The molecule has 5 nitrogen and oxygen atoms in total. The van der Waals surface area contributed by atoms with Crippen molar-refractivity contribution < 1.29 is 13.4 Å². The summed E-state index contributed by atoms with van der Waals surface area (Å²) in [5, 5.41) is 6.38. The molecule has 7 heteroatoms. The van der Waals surface area contributed by atoms with Crippen molar-refractivity contribution in [1.82, 2.24) is 15.5 Å². The van der Waals surface area contributed by atoms with Crippen molar-refractivity contribution in [3.05, 3.63) is 70.5 Å². The lowest BCUT2D eigenvalue weighted by molar-refractivity contribution is -0.120. The third kappa shape index (κ3) is 5.90. The first kappa shape index (κ1) is 24.5. The maximum atomic E-state index is 14.1. The van der Waals surface area contributed by atoms with Crippen LogP contribution in [0, 0.1) is 5.82 Å². The minimum atomic E-state index is -1.03. The van der Waals surface area contributed by atoms with Gasteiger partial charge in [-0.3, -0.25) is 9.00 Å². The van der Waals surface area contributed by atoms with E-state index in [2.05, 4.69) is 15.5 Å². The van der Waals surface area contributed by atoms with Gasteiger partial charge in [0, 0.05) is 54.7 Å². The van der Waals surface area contributed by atoms with Crippen molar-refractivity contribution in [2.75, 3.05) is 45.5 Å².